The first-order chi connectivity index (χ1) is 5.29. The minimum Gasteiger partial charge on any atom is -0.298 e. The van der Waals surface area contributed by atoms with E-state index in [-0.39, 0.29) is 0 Å². The molecule has 11 heavy (non-hydrogen) atoms. The smallest absolute Gasteiger partial charge is 0.151 e. The lowest BCUT2D eigenvalue weighted by Crippen LogP contribution is -1.89. The van der Waals surface area contributed by atoms with Gasteiger partial charge in [0.2, 0.25) is 0 Å². The van der Waals surface area contributed by atoms with Crippen LogP contribution >= 0.6 is 0 Å². The van der Waals surface area contributed by atoms with Gasteiger partial charge in [0.1, 0.15) is 0 Å². The highest BCUT2D eigenvalue weighted by Crippen LogP contribution is 2.09. The predicted octanol–water partition coefficient (Wildman–Crippen LogP) is 1.79. The van der Waals surface area contributed by atoms with Crippen molar-refractivity contribution < 1.29 is 4.79 Å². The van der Waals surface area contributed by atoms with Crippen molar-refractivity contribution in [1.29, 1.82) is 0 Å². The van der Waals surface area contributed by atoms with Crippen LogP contribution in [0.3, 0.4) is 0 Å². The maximum absolute atomic E-state index is 10.4. The van der Waals surface area contributed by atoms with Crippen LogP contribution < -0.4 is 0 Å². The molecule has 1 aromatic rings. The van der Waals surface area contributed by atoms with Crippen LogP contribution in [0.25, 0.3) is 0 Å². The van der Waals surface area contributed by atoms with Gasteiger partial charge in [-0.3, -0.25) is 4.79 Å². The highest BCUT2D eigenvalue weighted by Gasteiger charge is 1.99. The van der Waals surface area contributed by atoms with Gasteiger partial charge in [-0.15, -0.1) is 6.42 Å². The van der Waals surface area contributed by atoms with Crippen LogP contribution in [-0.2, 0) is 0 Å². The number of terminal acetylenes is 1. The quantitative estimate of drug-likeness (QED) is 0.434. The maximum Gasteiger partial charge on any atom is 0.151 e. The van der Waals surface area contributed by atoms with Crippen molar-refractivity contribution in [3.63, 3.8) is 0 Å². The van der Waals surface area contributed by atoms with Crippen LogP contribution in [-0.4, -0.2) is 6.29 Å². The molecule has 1 rings (SSSR count). The van der Waals surface area contributed by atoms with Gasteiger partial charge < -0.3 is 0 Å². The van der Waals surface area contributed by atoms with Crippen LogP contribution in [0.4, 0.5) is 0 Å². The molecular formula is C10H8O. The Kier molecular flexibility index (Phi) is 2.08. The lowest BCUT2D eigenvalue weighted by molar-refractivity contribution is 0.112. The summed E-state index contributed by atoms with van der Waals surface area (Å²) in [6.45, 7) is 1.89. The first-order valence-electron chi connectivity index (χ1n) is 3.31. The Morgan fingerprint density at radius 2 is 2.27 bits per heavy atom. The molecule has 0 atom stereocenters. The van der Waals surface area contributed by atoms with Crippen molar-refractivity contribution in [2.24, 2.45) is 0 Å². The van der Waals surface area contributed by atoms with Crippen LogP contribution in [0.2, 0.25) is 0 Å². The first-order valence-corrected chi connectivity index (χ1v) is 3.31. The van der Waals surface area contributed by atoms with Gasteiger partial charge in [-0.1, -0.05) is 24.1 Å². The Morgan fingerprint density at radius 3 is 2.73 bits per heavy atom. The van der Waals surface area contributed by atoms with Crippen molar-refractivity contribution in [3.8, 4) is 12.3 Å². The molecule has 0 aromatic heterocycles. The van der Waals surface area contributed by atoms with E-state index < -0.39 is 0 Å². The third-order valence-electron chi connectivity index (χ3n) is 1.58. The summed E-state index contributed by atoms with van der Waals surface area (Å²) in [7, 11) is 0. The molecule has 0 bridgehead atoms. The third-order valence-corrected chi connectivity index (χ3v) is 1.58. The van der Waals surface area contributed by atoms with E-state index in [1.165, 1.54) is 0 Å². The van der Waals surface area contributed by atoms with E-state index in [1.807, 2.05) is 19.1 Å². The lowest BCUT2D eigenvalue weighted by Gasteiger charge is -1.99. The molecule has 54 valence electrons. The van der Waals surface area contributed by atoms with Gasteiger partial charge in [0.05, 0.1) is 0 Å². The van der Waals surface area contributed by atoms with Crippen LogP contribution in [0.5, 0.6) is 0 Å². The Morgan fingerprint density at radius 1 is 1.55 bits per heavy atom. The SMILES string of the molecule is C#Cc1c(C)cccc1C=O. The average molecular weight is 144 g/mol. The molecule has 1 aromatic carbocycles. The van der Waals surface area contributed by atoms with Crippen LogP contribution in [0.1, 0.15) is 21.5 Å². The maximum atomic E-state index is 10.4. The number of carbonyl (C=O) groups is 1. The third kappa shape index (κ3) is 1.30. The minimum atomic E-state index is 0.590. The van der Waals surface area contributed by atoms with E-state index >= 15 is 0 Å². The standard InChI is InChI=1S/C10H8O/c1-3-10-8(2)5-4-6-9(10)7-11/h1,4-7H,2H3. The molecule has 0 saturated heterocycles. The second-order valence-corrected chi connectivity index (χ2v) is 2.30. The monoisotopic (exact) mass is 144 g/mol. The molecule has 0 unspecified atom stereocenters. The Labute approximate surface area is 66.1 Å². The Balaban J connectivity index is 3.38. The van der Waals surface area contributed by atoms with Gasteiger partial charge >= 0.3 is 0 Å². The average Bonchev–Trinajstić information content (AvgIpc) is 2.04. The lowest BCUT2D eigenvalue weighted by atomic mass is 10.0. The normalized spacial score (nSPS) is 8.73. The molecule has 0 spiro atoms. The van der Waals surface area contributed by atoms with E-state index in [4.69, 9.17) is 6.42 Å². The van der Waals surface area contributed by atoms with E-state index in [0.717, 1.165) is 11.8 Å². The van der Waals surface area contributed by atoms with Gasteiger partial charge in [-0.25, -0.2) is 0 Å². The number of hydrogen-bond acceptors (Lipinski definition) is 1. The molecule has 0 aliphatic rings. The molecule has 0 amide bonds. The van der Waals surface area contributed by atoms with Crippen molar-refractivity contribution in [3.05, 3.63) is 34.9 Å². The first kappa shape index (κ1) is 7.56. The zero-order chi connectivity index (χ0) is 8.27. The van der Waals surface area contributed by atoms with Gasteiger partial charge in [-0.2, -0.15) is 0 Å². The van der Waals surface area contributed by atoms with Crippen molar-refractivity contribution in [1.82, 2.24) is 0 Å². The van der Waals surface area contributed by atoms with Gasteiger partial charge in [0.25, 0.3) is 0 Å². The summed E-state index contributed by atoms with van der Waals surface area (Å²) in [5.41, 5.74) is 2.26. The van der Waals surface area contributed by atoms with Crippen molar-refractivity contribution >= 4 is 6.29 Å². The Bertz CT molecular complexity index is 318. The van der Waals surface area contributed by atoms with E-state index in [9.17, 15) is 4.79 Å². The zero-order valence-electron chi connectivity index (χ0n) is 6.29. The van der Waals surface area contributed by atoms with E-state index in [2.05, 4.69) is 5.92 Å². The van der Waals surface area contributed by atoms with Gasteiger partial charge in [-0.05, 0) is 12.5 Å². The van der Waals surface area contributed by atoms with E-state index in [0.29, 0.717) is 11.1 Å². The summed E-state index contributed by atoms with van der Waals surface area (Å²) < 4.78 is 0. The summed E-state index contributed by atoms with van der Waals surface area (Å²) in [5, 5.41) is 0. The van der Waals surface area contributed by atoms with Gasteiger partial charge in [0.15, 0.2) is 6.29 Å². The predicted molar refractivity (Wildman–Crippen MR) is 44.5 cm³/mol. The summed E-state index contributed by atoms with van der Waals surface area (Å²) in [4.78, 5) is 10.4. The molecule has 0 heterocycles. The fraction of sp³-hybridized carbons (Fsp3) is 0.100. The molecule has 1 heteroatoms. The number of hydrogen-bond donors (Lipinski definition) is 0. The van der Waals surface area contributed by atoms with Crippen molar-refractivity contribution in [2.45, 2.75) is 6.92 Å². The van der Waals surface area contributed by atoms with Crippen LogP contribution in [0.15, 0.2) is 18.2 Å². The zero-order valence-corrected chi connectivity index (χ0v) is 6.29. The largest absolute Gasteiger partial charge is 0.298 e. The van der Waals surface area contributed by atoms with Crippen LogP contribution in [0, 0.1) is 19.3 Å². The summed E-state index contributed by atoms with van der Waals surface area (Å²) in [6.07, 6.45) is 6.00. The molecular weight excluding hydrogens is 136 g/mol. The van der Waals surface area contributed by atoms with E-state index in [1.54, 1.807) is 6.07 Å². The second-order valence-electron chi connectivity index (χ2n) is 2.30. The second kappa shape index (κ2) is 3.03. The molecule has 0 saturated carbocycles. The summed E-state index contributed by atoms with van der Waals surface area (Å²) >= 11 is 0. The fourth-order valence-electron chi connectivity index (χ4n) is 0.986. The number of aryl methyl sites for hydroxylation is 1. The number of aldehydes is 1. The highest BCUT2D eigenvalue weighted by atomic mass is 16.1. The Hall–Kier alpha value is -1.55. The van der Waals surface area contributed by atoms with Crippen molar-refractivity contribution in [2.75, 3.05) is 0 Å². The molecule has 0 aliphatic carbocycles. The molecule has 0 N–H and O–H groups in total. The highest BCUT2D eigenvalue weighted by molar-refractivity contribution is 5.80. The molecule has 1 nitrogen and oxygen atoms in total. The molecule has 0 fully saturated rings. The number of rotatable bonds is 1. The fourth-order valence-corrected chi connectivity index (χ4v) is 0.986. The minimum absolute atomic E-state index is 0.590. The number of benzene rings is 1. The molecule has 0 aliphatic heterocycles. The topological polar surface area (TPSA) is 17.1 Å². The summed E-state index contributed by atoms with van der Waals surface area (Å²) in [6, 6.07) is 5.43. The summed E-state index contributed by atoms with van der Waals surface area (Å²) in [5.74, 6) is 2.48. The van der Waals surface area contributed by atoms with Gasteiger partial charge in [0, 0.05) is 11.1 Å². The molecule has 0 radical (unpaired) electrons. The number of carbonyl (C=O) groups excluding carboxylic acids is 1.